The first-order chi connectivity index (χ1) is 9.72. The van der Waals surface area contributed by atoms with Crippen LogP contribution in [0.3, 0.4) is 0 Å². The number of nitrogens with zero attached hydrogens (tertiary/aromatic N) is 4. The van der Waals surface area contributed by atoms with Gasteiger partial charge in [0.1, 0.15) is 0 Å². The van der Waals surface area contributed by atoms with Gasteiger partial charge in [-0.1, -0.05) is 5.21 Å². The van der Waals surface area contributed by atoms with Crippen molar-refractivity contribution in [3.63, 3.8) is 0 Å². The van der Waals surface area contributed by atoms with Crippen molar-refractivity contribution in [3.8, 4) is 0 Å². The minimum atomic E-state index is 0.543. The molecule has 0 unspecified atom stereocenters. The number of hydrogen-bond acceptors (Lipinski definition) is 5. The summed E-state index contributed by atoms with van der Waals surface area (Å²) in [5.41, 5.74) is 2.42. The van der Waals surface area contributed by atoms with Crippen LogP contribution in [0.1, 0.15) is 36.6 Å². The van der Waals surface area contributed by atoms with Gasteiger partial charge in [-0.25, -0.2) is 4.68 Å². The van der Waals surface area contributed by atoms with E-state index < -0.39 is 0 Å². The molecule has 2 heterocycles. The van der Waals surface area contributed by atoms with Crippen LogP contribution in [0.5, 0.6) is 0 Å². The predicted molar refractivity (Wildman–Crippen MR) is 78.8 cm³/mol. The van der Waals surface area contributed by atoms with E-state index in [0.717, 1.165) is 57.8 Å². The van der Waals surface area contributed by atoms with Crippen molar-refractivity contribution in [2.24, 2.45) is 0 Å². The molecule has 1 aromatic heterocycles. The van der Waals surface area contributed by atoms with Gasteiger partial charge in [0.15, 0.2) is 0 Å². The van der Waals surface area contributed by atoms with E-state index in [1.165, 1.54) is 5.69 Å². The fraction of sp³-hybridized carbons (Fsp3) is 0.857. The zero-order valence-corrected chi connectivity index (χ0v) is 12.9. The second kappa shape index (κ2) is 7.71. The number of rotatable bonds is 7. The molecule has 1 saturated heterocycles. The van der Waals surface area contributed by atoms with E-state index in [1.807, 2.05) is 7.05 Å². The number of nitrogens with one attached hydrogen (secondary N) is 1. The normalized spacial score (nSPS) is 17.0. The lowest BCUT2D eigenvalue weighted by Gasteiger charge is -2.23. The van der Waals surface area contributed by atoms with Crippen molar-refractivity contribution in [1.29, 1.82) is 0 Å². The summed E-state index contributed by atoms with van der Waals surface area (Å²) in [5, 5.41) is 11.9. The van der Waals surface area contributed by atoms with E-state index in [0.29, 0.717) is 5.92 Å². The molecule has 1 aliphatic rings. The molecule has 1 fully saturated rings. The Morgan fingerprint density at radius 2 is 2.10 bits per heavy atom. The van der Waals surface area contributed by atoms with Crippen molar-refractivity contribution in [1.82, 2.24) is 25.2 Å². The molecule has 114 valence electrons. The van der Waals surface area contributed by atoms with Gasteiger partial charge in [0, 0.05) is 32.2 Å². The highest BCUT2D eigenvalue weighted by Gasteiger charge is 2.24. The number of ether oxygens (including phenoxy) is 1. The molecule has 0 atom stereocenters. The van der Waals surface area contributed by atoms with E-state index in [-0.39, 0.29) is 0 Å². The van der Waals surface area contributed by atoms with E-state index in [2.05, 4.69) is 39.3 Å². The van der Waals surface area contributed by atoms with E-state index in [4.69, 9.17) is 4.74 Å². The Morgan fingerprint density at radius 3 is 2.75 bits per heavy atom. The van der Waals surface area contributed by atoms with Gasteiger partial charge in [0.05, 0.1) is 11.4 Å². The van der Waals surface area contributed by atoms with Crippen LogP contribution in [0.2, 0.25) is 0 Å². The third kappa shape index (κ3) is 4.01. The van der Waals surface area contributed by atoms with E-state index >= 15 is 0 Å². The first-order valence-corrected chi connectivity index (χ1v) is 7.51. The lowest BCUT2D eigenvalue weighted by atomic mass is 9.94. The minimum Gasteiger partial charge on any atom is -0.381 e. The van der Waals surface area contributed by atoms with Gasteiger partial charge >= 0.3 is 0 Å². The summed E-state index contributed by atoms with van der Waals surface area (Å²) in [6, 6.07) is 0. The molecular formula is C14H27N5O. The van der Waals surface area contributed by atoms with Crippen molar-refractivity contribution in [3.05, 3.63) is 11.4 Å². The minimum absolute atomic E-state index is 0.543. The largest absolute Gasteiger partial charge is 0.381 e. The maximum atomic E-state index is 5.48. The van der Waals surface area contributed by atoms with Crippen LogP contribution >= 0.6 is 0 Å². The monoisotopic (exact) mass is 281 g/mol. The third-order valence-electron chi connectivity index (χ3n) is 3.77. The summed E-state index contributed by atoms with van der Waals surface area (Å²) in [6.07, 6.45) is 3.26. The van der Waals surface area contributed by atoms with Crippen LogP contribution in [0.25, 0.3) is 0 Å². The molecule has 0 amide bonds. The van der Waals surface area contributed by atoms with E-state index in [1.54, 1.807) is 0 Å². The Morgan fingerprint density at radius 1 is 1.35 bits per heavy atom. The SMILES string of the molecule is CNCc1nnn(CCCN(C)C)c1C1CCOCC1. The Kier molecular flexibility index (Phi) is 5.94. The highest BCUT2D eigenvalue weighted by Crippen LogP contribution is 2.28. The fourth-order valence-electron chi connectivity index (χ4n) is 2.77. The van der Waals surface area contributed by atoms with Crippen molar-refractivity contribution in [2.45, 2.75) is 38.3 Å². The van der Waals surface area contributed by atoms with Crippen LogP contribution in [0.4, 0.5) is 0 Å². The summed E-state index contributed by atoms with van der Waals surface area (Å²) in [4.78, 5) is 2.21. The summed E-state index contributed by atoms with van der Waals surface area (Å²) in [7, 11) is 6.17. The smallest absolute Gasteiger partial charge is 0.0999 e. The van der Waals surface area contributed by atoms with Crippen molar-refractivity contribution in [2.75, 3.05) is 40.9 Å². The number of aromatic nitrogens is 3. The van der Waals surface area contributed by atoms with Gasteiger partial charge in [-0.2, -0.15) is 0 Å². The Balaban J connectivity index is 2.09. The summed E-state index contributed by atoms with van der Waals surface area (Å²) >= 11 is 0. The van der Waals surface area contributed by atoms with Crippen LogP contribution < -0.4 is 5.32 Å². The first kappa shape index (κ1) is 15.4. The molecule has 0 spiro atoms. The summed E-state index contributed by atoms with van der Waals surface area (Å²) < 4.78 is 7.59. The maximum absolute atomic E-state index is 5.48. The number of hydrogen-bond donors (Lipinski definition) is 1. The van der Waals surface area contributed by atoms with Gasteiger partial charge in [-0.05, 0) is 47.0 Å². The highest BCUT2D eigenvalue weighted by molar-refractivity contribution is 5.16. The van der Waals surface area contributed by atoms with Crippen LogP contribution in [0, 0.1) is 0 Å². The first-order valence-electron chi connectivity index (χ1n) is 7.51. The molecule has 0 bridgehead atoms. The molecule has 0 aromatic carbocycles. The molecule has 0 saturated carbocycles. The standard InChI is InChI=1S/C14H27N5O/c1-15-11-13-14(12-5-9-20-10-6-12)19(17-16-13)8-4-7-18(2)3/h12,15H,4-11H2,1-3H3. The fourth-order valence-corrected chi connectivity index (χ4v) is 2.77. The molecular weight excluding hydrogens is 254 g/mol. The third-order valence-corrected chi connectivity index (χ3v) is 3.77. The van der Waals surface area contributed by atoms with Gasteiger partial charge in [0.25, 0.3) is 0 Å². The van der Waals surface area contributed by atoms with Crippen LogP contribution in [0.15, 0.2) is 0 Å². The van der Waals surface area contributed by atoms with Crippen molar-refractivity contribution < 1.29 is 4.74 Å². The van der Waals surface area contributed by atoms with E-state index in [9.17, 15) is 0 Å². The maximum Gasteiger partial charge on any atom is 0.0999 e. The Bertz CT molecular complexity index is 398. The lowest BCUT2D eigenvalue weighted by Crippen LogP contribution is -2.21. The lowest BCUT2D eigenvalue weighted by molar-refractivity contribution is 0.0832. The highest BCUT2D eigenvalue weighted by atomic mass is 16.5. The van der Waals surface area contributed by atoms with Gasteiger partial charge in [0.2, 0.25) is 0 Å². The van der Waals surface area contributed by atoms with Gasteiger partial charge in [-0.3, -0.25) is 0 Å². The zero-order valence-electron chi connectivity index (χ0n) is 12.9. The topological polar surface area (TPSA) is 55.2 Å². The van der Waals surface area contributed by atoms with Crippen molar-refractivity contribution >= 4 is 0 Å². The zero-order chi connectivity index (χ0) is 14.4. The van der Waals surface area contributed by atoms with Gasteiger partial charge < -0.3 is 15.0 Å². The molecule has 0 aliphatic carbocycles. The summed E-state index contributed by atoms with van der Waals surface area (Å²) in [6.45, 7) is 4.52. The Hall–Kier alpha value is -0.980. The molecule has 20 heavy (non-hydrogen) atoms. The van der Waals surface area contributed by atoms with Crippen LogP contribution in [-0.2, 0) is 17.8 Å². The number of aryl methyl sites for hydroxylation is 1. The van der Waals surface area contributed by atoms with Crippen LogP contribution in [-0.4, -0.2) is 60.8 Å². The predicted octanol–water partition coefficient (Wildman–Crippen LogP) is 0.843. The molecule has 1 aromatic rings. The molecule has 6 heteroatoms. The second-order valence-electron chi connectivity index (χ2n) is 5.72. The molecule has 6 nitrogen and oxygen atoms in total. The van der Waals surface area contributed by atoms with Gasteiger partial charge in [-0.15, -0.1) is 5.10 Å². The molecule has 1 N–H and O–H groups in total. The second-order valence-corrected chi connectivity index (χ2v) is 5.72. The molecule has 2 rings (SSSR count). The summed E-state index contributed by atoms with van der Waals surface area (Å²) in [5.74, 6) is 0.543. The molecule has 0 radical (unpaired) electrons. The average Bonchev–Trinajstić information content (AvgIpc) is 2.83. The average molecular weight is 281 g/mol. The quantitative estimate of drug-likeness (QED) is 0.803. The molecule has 1 aliphatic heterocycles. The Labute approximate surface area is 121 Å².